The minimum atomic E-state index is -0.945. The zero-order valence-electron chi connectivity index (χ0n) is 10.4. The maximum Gasteiger partial charge on any atom is 0.305 e. The molecule has 1 aromatic heterocycles. The zero-order valence-corrected chi connectivity index (χ0v) is 10.4. The number of amides is 1. The van der Waals surface area contributed by atoms with Gasteiger partial charge in [0.1, 0.15) is 12.1 Å². The number of aliphatic carboxylic acids is 1. The molecule has 0 aliphatic carbocycles. The minimum absolute atomic E-state index is 0.0183. The summed E-state index contributed by atoms with van der Waals surface area (Å²) >= 11 is 0. The van der Waals surface area contributed by atoms with Crippen molar-refractivity contribution in [3.8, 4) is 0 Å². The molecule has 1 heterocycles. The molecule has 0 spiro atoms. The van der Waals surface area contributed by atoms with Crippen LogP contribution in [0.3, 0.4) is 0 Å². The highest BCUT2D eigenvalue weighted by Gasteiger charge is 2.13. The first kappa shape index (κ1) is 13.0. The summed E-state index contributed by atoms with van der Waals surface area (Å²) in [5.41, 5.74) is 1.48. The van der Waals surface area contributed by atoms with Gasteiger partial charge in [-0.1, -0.05) is 17.3 Å². The maximum atomic E-state index is 11.8. The van der Waals surface area contributed by atoms with Gasteiger partial charge in [0.15, 0.2) is 0 Å². The summed E-state index contributed by atoms with van der Waals surface area (Å²) < 4.78 is 1.48. The quantitative estimate of drug-likeness (QED) is 0.813. The molecule has 0 aliphatic rings. The summed E-state index contributed by atoms with van der Waals surface area (Å²) in [5.74, 6) is -1.23. The Morgan fingerprint density at radius 2 is 2.16 bits per heavy atom. The van der Waals surface area contributed by atoms with E-state index in [9.17, 15) is 9.59 Å². The Kier molecular flexibility index (Phi) is 3.74. The number of carboxylic acids is 1. The van der Waals surface area contributed by atoms with Crippen molar-refractivity contribution in [3.63, 3.8) is 0 Å². The van der Waals surface area contributed by atoms with Crippen LogP contribution >= 0.6 is 0 Å². The summed E-state index contributed by atoms with van der Waals surface area (Å²) in [6.07, 6.45) is -0.107. The third-order valence-electron chi connectivity index (χ3n) is 2.60. The third-order valence-corrected chi connectivity index (χ3v) is 2.60. The molecule has 0 bridgehead atoms. The fourth-order valence-electron chi connectivity index (χ4n) is 1.80. The van der Waals surface area contributed by atoms with Gasteiger partial charge in [-0.25, -0.2) is 4.68 Å². The number of carboxylic acid groups (broad SMARTS) is 1. The van der Waals surface area contributed by atoms with E-state index in [1.54, 1.807) is 6.92 Å². The van der Waals surface area contributed by atoms with Crippen molar-refractivity contribution in [1.29, 1.82) is 0 Å². The molecule has 1 aromatic carbocycles. The van der Waals surface area contributed by atoms with Crippen molar-refractivity contribution in [1.82, 2.24) is 20.3 Å². The summed E-state index contributed by atoms with van der Waals surface area (Å²) in [4.78, 5) is 22.3. The highest BCUT2D eigenvalue weighted by atomic mass is 16.4. The van der Waals surface area contributed by atoms with Crippen LogP contribution in [0.2, 0.25) is 0 Å². The van der Waals surface area contributed by atoms with E-state index in [1.807, 2.05) is 24.3 Å². The molecule has 2 N–H and O–H groups in total. The van der Waals surface area contributed by atoms with Crippen LogP contribution in [0, 0.1) is 0 Å². The van der Waals surface area contributed by atoms with Crippen LogP contribution in [0.15, 0.2) is 24.3 Å². The van der Waals surface area contributed by atoms with E-state index in [2.05, 4.69) is 15.6 Å². The molecule has 2 rings (SSSR count). The molecule has 2 aromatic rings. The van der Waals surface area contributed by atoms with Crippen molar-refractivity contribution in [2.45, 2.75) is 25.9 Å². The molecule has 19 heavy (non-hydrogen) atoms. The van der Waals surface area contributed by atoms with Crippen molar-refractivity contribution < 1.29 is 14.7 Å². The molecule has 0 saturated heterocycles. The van der Waals surface area contributed by atoms with Gasteiger partial charge in [-0.3, -0.25) is 9.59 Å². The number of para-hydroxylation sites is 1. The predicted molar refractivity (Wildman–Crippen MR) is 67.4 cm³/mol. The first-order valence-corrected chi connectivity index (χ1v) is 5.85. The van der Waals surface area contributed by atoms with E-state index in [4.69, 9.17) is 5.11 Å². The number of hydrogen-bond donors (Lipinski definition) is 2. The second-order valence-electron chi connectivity index (χ2n) is 4.30. The normalized spacial score (nSPS) is 12.3. The van der Waals surface area contributed by atoms with Crippen LogP contribution in [-0.4, -0.2) is 38.0 Å². The number of carbonyl (C=O) groups is 2. The number of carbonyl (C=O) groups excluding carboxylic acids is 1. The number of aromatic nitrogens is 3. The number of fused-ring (bicyclic) bond motifs is 1. The maximum absolute atomic E-state index is 11.8. The lowest BCUT2D eigenvalue weighted by Gasteiger charge is -2.11. The Bertz CT molecular complexity index is 608. The van der Waals surface area contributed by atoms with Crippen LogP contribution in [0.4, 0.5) is 0 Å². The standard InChI is InChI=1S/C12H14N4O3/c1-8(6-12(18)19)13-11(17)7-16-10-5-3-2-4-9(10)14-15-16/h2-5,8H,6-7H2,1H3,(H,13,17)(H,18,19). The van der Waals surface area contributed by atoms with E-state index < -0.39 is 12.0 Å². The lowest BCUT2D eigenvalue weighted by atomic mass is 10.2. The average Bonchev–Trinajstić information content (AvgIpc) is 2.71. The molecule has 0 aliphatic heterocycles. The lowest BCUT2D eigenvalue weighted by molar-refractivity contribution is -0.137. The van der Waals surface area contributed by atoms with Crippen LogP contribution < -0.4 is 5.32 Å². The Balaban J connectivity index is 2.01. The monoisotopic (exact) mass is 262 g/mol. The first-order chi connectivity index (χ1) is 9.06. The summed E-state index contributed by atoms with van der Waals surface area (Å²) in [7, 11) is 0. The Morgan fingerprint density at radius 1 is 1.42 bits per heavy atom. The van der Waals surface area contributed by atoms with E-state index in [1.165, 1.54) is 4.68 Å². The summed E-state index contributed by atoms with van der Waals surface area (Å²) in [6.45, 7) is 1.66. The zero-order chi connectivity index (χ0) is 13.8. The van der Waals surface area contributed by atoms with Crippen molar-refractivity contribution in [2.24, 2.45) is 0 Å². The van der Waals surface area contributed by atoms with Crippen LogP contribution in [0.1, 0.15) is 13.3 Å². The molecule has 100 valence electrons. The van der Waals surface area contributed by atoms with Crippen LogP contribution in [0.25, 0.3) is 11.0 Å². The Labute approximate surface area is 109 Å². The second-order valence-corrected chi connectivity index (χ2v) is 4.30. The van der Waals surface area contributed by atoms with Gasteiger partial charge in [-0.2, -0.15) is 0 Å². The van der Waals surface area contributed by atoms with Gasteiger partial charge >= 0.3 is 5.97 Å². The summed E-state index contributed by atoms with van der Waals surface area (Å²) in [6, 6.07) is 6.90. The number of rotatable bonds is 5. The van der Waals surface area contributed by atoms with Crippen LogP contribution in [0.5, 0.6) is 0 Å². The smallest absolute Gasteiger partial charge is 0.305 e. The second kappa shape index (κ2) is 5.47. The molecule has 7 heteroatoms. The van der Waals surface area contributed by atoms with E-state index >= 15 is 0 Å². The van der Waals surface area contributed by atoms with Crippen molar-refractivity contribution in [2.75, 3.05) is 0 Å². The molecule has 1 unspecified atom stereocenters. The van der Waals surface area contributed by atoms with E-state index in [0.717, 1.165) is 5.52 Å². The number of nitrogens with zero attached hydrogens (tertiary/aromatic N) is 3. The number of hydrogen-bond acceptors (Lipinski definition) is 4. The molecular formula is C12H14N4O3. The first-order valence-electron chi connectivity index (χ1n) is 5.85. The molecule has 0 fully saturated rings. The van der Waals surface area contributed by atoms with Gasteiger partial charge in [-0.15, -0.1) is 5.10 Å². The summed E-state index contributed by atoms with van der Waals surface area (Å²) in [5, 5.41) is 19.1. The predicted octanol–water partition coefficient (Wildman–Crippen LogP) is 0.411. The van der Waals surface area contributed by atoms with Gasteiger partial charge < -0.3 is 10.4 Å². The van der Waals surface area contributed by atoms with Crippen molar-refractivity contribution >= 4 is 22.9 Å². The highest BCUT2D eigenvalue weighted by Crippen LogP contribution is 2.09. The van der Waals surface area contributed by atoms with E-state index in [0.29, 0.717) is 5.52 Å². The average molecular weight is 262 g/mol. The Hall–Kier alpha value is -2.44. The van der Waals surface area contributed by atoms with Gasteiger partial charge in [-0.05, 0) is 19.1 Å². The van der Waals surface area contributed by atoms with Crippen molar-refractivity contribution in [3.05, 3.63) is 24.3 Å². The van der Waals surface area contributed by atoms with Gasteiger partial charge in [0.05, 0.1) is 11.9 Å². The fourth-order valence-corrected chi connectivity index (χ4v) is 1.80. The molecule has 0 saturated carbocycles. The van der Waals surface area contributed by atoms with Crippen LogP contribution in [-0.2, 0) is 16.1 Å². The SMILES string of the molecule is CC(CC(=O)O)NC(=O)Cn1nnc2ccccc21. The highest BCUT2D eigenvalue weighted by molar-refractivity contribution is 5.80. The lowest BCUT2D eigenvalue weighted by Crippen LogP contribution is -2.36. The molecule has 1 atom stereocenters. The Morgan fingerprint density at radius 3 is 2.89 bits per heavy atom. The molecule has 1 amide bonds. The van der Waals surface area contributed by atoms with Gasteiger partial charge in [0.25, 0.3) is 0 Å². The topological polar surface area (TPSA) is 97.1 Å². The molecule has 7 nitrogen and oxygen atoms in total. The fraction of sp³-hybridized carbons (Fsp3) is 0.333. The number of benzene rings is 1. The van der Waals surface area contributed by atoms with E-state index in [-0.39, 0.29) is 18.9 Å². The molecule has 0 radical (unpaired) electrons. The van der Waals surface area contributed by atoms with Gasteiger partial charge in [0.2, 0.25) is 5.91 Å². The minimum Gasteiger partial charge on any atom is -0.481 e. The number of nitrogens with one attached hydrogen (secondary N) is 1. The molecular weight excluding hydrogens is 248 g/mol. The third kappa shape index (κ3) is 3.27. The van der Waals surface area contributed by atoms with Gasteiger partial charge in [0, 0.05) is 6.04 Å². The largest absolute Gasteiger partial charge is 0.481 e.